The van der Waals surface area contributed by atoms with Crippen molar-refractivity contribution >= 4 is 0 Å². The van der Waals surface area contributed by atoms with Gasteiger partial charge in [-0.25, -0.2) is 0 Å². The minimum Gasteiger partial charge on any atom is -0.392 e. The van der Waals surface area contributed by atoms with Crippen molar-refractivity contribution in [2.45, 2.75) is 45.8 Å². The summed E-state index contributed by atoms with van der Waals surface area (Å²) in [6, 6.07) is 0.656. The molecule has 1 rings (SSSR count). The largest absolute Gasteiger partial charge is 0.392 e. The molecule has 72 valence electrons. The van der Waals surface area contributed by atoms with Crippen LogP contribution in [0.15, 0.2) is 0 Å². The van der Waals surface area contributed by atoms with E-state index in [1.165, 1.54) is 12.8 Å². The van der Waals surface area contributed by atoms with Gasteiger partial charge >= 0.3 is 0 Å². The first-order chi connectivity index (χ1) is 5.59. The number of β-amino-alcohol motifs (C(OH)–C–C–N with tert-alkyl or cyclic N) is 1. The Balaban J connectivity index is 2.34. The molecule has 0 saturated carbocycles. The van der Waals surface area contributed by atoms with E-state index >= 15 is 0 Å². The smallest absolute Gasteiger partial charge is 0.0639 e. The molecule has 1 fully saturated rings. The Morgan fingerprint density at radius 1 is 1.50 bits per heavy atom. The monoisotopic (exact) mass is 171 g/mol. The van der Waals surface area contributed by atoms with Crippen LogP contribution >= 0.6 is 0 Å². The summed E-state index contributed by atoms with van der Waals surface area (Å²) < 4.78 is 0. The zero-order valence-corrected chi connectivity index (χ0v) is 8.45. The van der Waals surface area contributed by atoms with Gasteiger partial charge in [-0.1, -0.05) is 6.92 Å². The van der Waals surface area contributed by atoms with E-state index in [1.54, 1.807) is 0 Å². The highest BCUT2D eigenvalue weighted by Gasteiger charge is 2.23. The van der Waals surface area contributed by atoms with Crippen molar-refractivity contribution in [3.05, 3.63) is 0 Å². The standard InChI is InChI=1S/C10H21NO/c1-8-4-5-11(7-10(3)12)9(2)6-8/h8-10,12H,4-7H2,1-3H3/t8?,9?,10-/m1/s1. The summed E-state index contributed by atoms with van der Waals surface area (Å²) in [4.78, 5) is 2.39. The van der Waals surface area contributed by atoms with Crippen molar-refractivity contribution in [1.82, 2.24) is 4.90 Å². The molecule has 3 atom stereocenters. The number of aliphatic hydroxyl groups excluding tert-OH is 1. The second-order valence-corrected chi connectivity index (χ2v) is 4.32. The molecule has 12 heavy (non-hydrogen) atoms. The maximum absolute atomic E-state index is 9.25. The van der Waals surface area contributed by atoms with Crippen molar-refractivity contribution in [3.63, 3.8) is 0 Å². The number of rotatable bonds is 2. The molecule has 0 radical (unpaired) electrons. The molecule has 1 heterocycles. The van der Waals surface area contributed by atoms with Crippen LogP contribution in [-0.2, 0) is 0 Å². The number of piperidine rings is 1. The third-order valence-electron chi connectivity index (χ3n) is 2.77. The average Bonchev–Trinajstić information content (AvgIpc) is 1.94. The van der Waals surface area contributed by atoms with Gasteiger partial charge in [0.25, 0.3) is 0 Å². The third kappa shape index (κ3) is 2.76. The summed E-state index contributed by atoms with van der Waals surface area (Å²) in [5, 5.41) is 9.25. The van der Waals surface area contributed by atoms with Crippen LogP contribution in [-0.4, -0.2) is 35.2 Å². The van der Waals surface area contributed by atoms with Crippen LogP contribution in [0.4, 0.5) is 0 Å². The lowest BCUT2D eigenvalue weighted by atomic mass is 9.93. The quantitative estimate of drug-likeness (QED) is 0.680. The number of aliphatic hydroxyl groups is 1. The van der Waals surface area contributed by atoms with Crippen molar-refractivity contribution in [1.29, 1.82) is 0 Å². The number of nitrogens with zero attached hydrogens (tertiary/aromatic N) is 1. The minimum absolute atomic E-state index is 0.180. The summed E-state index contributed by atoms with van der Waals surface area (Å²) in [7, 11) is 0. The fraction of sp³-hybridized carbons (Fsp3) is 1.00. The zero-order valence-electron chi connectivity index (χ0n) is 8.45. The molecule has 0 aromatic heterocycles. The molecule has 2 heteroatoms. The van der Waals surface area contributed by atoms with E-state index in [0.717, 1.165) is 19.0 Å². The fourth-order valence-electron chi connectivity index (χ4n) is 2.07. The molecular formula is C10H21NO. The first kappa shape index (κ1) is 10.0. The molecule has 2 unspecified atom stereocenters. The Hall–Kier alpha value is -0.0800. The first-order valence-electron chi connectivity index (χ1n) is 5.01. The van der Waals surface area contributed by atoms with Crippen LogP contribution < -0.4 is 0 Å². The molecular weight excluding hydrogens is 150 g/mol. The third-order valence-corrected chi connectivity index (χ3v) is 2.77. The number of hydrogen-bond acceptors (Lipinski definition) is 2. The maximum Gasteiger partial charge on any atom is 0.0639 e. The van der Waals surface area contributed by atoms with E-state index in [9.17, 15) is 5.11 Å². The lowest BCUT2D eigenvalue weighted by molar-refractivity contribution is 0.0687. The van der Waals surface area contributed by atoms with Crippen LogP contribution in [0.3, 0.4) is 0 Å². The van der Waals surface area contributed by atoms with E-state index in [-0.39, 0.29) is 6.10 Å². The lowest BCUT2D eigenvalue weighted by Gasteiger charge is -2.37. The van der Waals surface area contributed by atoms with Gasteiger partial charge in [0.1, 0.15) is 0 Å². The van der Waals surface area contributed by atoms with E-state index in [4.69, 9.17) is 0 Å². The molecule has 1 N–H and O–H groups in total. The second kappa shape index (κ2) is 4.24. The molecule has 1 saturated heterocycles. The van der Waals surface area contributed by atoms with Crippen LogP contribution in [0.1, 0.15) is 33.6 Å². The lowest BCUT2D eigenvalue weighted by Crippen LogP contribution is -2.43. The highest BCUT2D eigenvalue weighted by atomic mass is 16.3. The highest BCUT2D eigenvalue weighted by molar-refractivity contribution is 4.77. The Labute approximate surface area is 75.6 Å². The van der Waals surface area contributed by atoms with Gasteiger partial charge in [0, 0.05) is 12.6 Å². The van der Waals surface area contributed by atoms with E-state index in [0.29, 0.717) is 6.04 Å². The Bertz CT molecular complexity index is 136. The molecule has 0 aliphatic carbocycles. The minimum atomic E-state index is -0.180. The molecule has 0 aromatic rings. The van der Waals surface area contributed by atoms with Gasteiger partial charge < -0.3 is 5.11 Å². The Morgan fingerprint density at radius 2 is 2.17 bits per heavy atom. The van der Waals surface area contributed by atoms with Crippen molar-refractivity contribution in [2.24, 2.45) is 5.92 Å². The van der Waals surface area contributed by atoms with E-state index < -0.39 is 0 Å². The van der Waals surface area contributed by atoms with Gasteiger partial charge in [-0.2, -0.15) is 0 Å². The predicted octanol–water partition coefficient (Wildman–Crippen LogP) is 1.49. The first-order valence-corrected chi connectivity index (χ1v) is 5.01. The van der Waals surface area contributed by atoms with Gasteiger partial charge in [-0.15, -0.1) is 0 Å². The van der Waals surface area contributed by atoms with Crippen LogP contribution in [0.2, 0.25) is 0 Å². The van der Waals surface area contributed by atoms with Crippen molar-refractivity contribution < 1.29 is 5.11 Å². The molecule has 0 aromatic carbocycles. The SMILES string of the molecule is CC1CCN(C[C@@H](C)O)C(C)C1. The molecule has 0 spiro atoms. The molecule has 0 bridgehead atoms. The normalized spacial score (nSPS) is 35.0. The Morgan fingerprint density at radius 3 is 2.67 bits per heavy atom. The topological polar surface area (TPSA) is 23.5 Å². The summed E-state index contributed by atoms with van der Waals surface area (Å²) >= 11 is 0. The van der Waals surface area contributed by atoms with Crippen molar-refractivity contribution in [3.8, 4) is 0 Å². The van der Waals surface area contributed by atoms with Gasteiger partial charge in [0.2, 0.25) is 0 Å². The van der Waals surface area contributed by atoms with E-state index in [1.807, 2.05) is 6.92 Å². The average molecular weight is 171 g/mol. The predicted molar refractivity (Wildman–Crippen MR) is 51.1 cm³/mol. The van der Waals surface area contributed by atoms with Gasteiger partial charge in [-0.05, 0) is 39.2 Å². The van der Waals surface area contributed by atoms with Crippen molar-refractivity contribution in [2.75, 3.05) is 13.1 Å². The van der Waals surface area contributed by atoms with Gasteiger partial charge in [0.05, 0.1) is 6.10 Å². The summed E-state index contributed by atoms with van der Waals surface area (Å²) in [6.45, 7) is 8.44. The summed E-state index contributed by atoms with van der Waals surface area (Å²) in [5.74, 6) is 0.866. The molecule has 2 nitrogen and oxygen atoms in total. The fourth-order valence-corrected chi connectivity index (χ4v) is 2.07. The maximum atomic E-state index is 9.25. The Kier molecular flexibility index (Phi) is 3.53. The van der Waals surface area contributed by atoms with Crippen LogP contribution in [0.5, 0.6) is 0 Å². The molecule has 0 amide bonds. The summed E-state index contributed by atoms with van der Waals surface area (Å²) in [5.41, 5.74) is 0. The number of hydrogen-bond donors (Lipinski definition) is 1. The van der Waals surface area contributed by atoms with Crippen LogP contribution in [0, 0.1) is 5.92 Å². The van der Waals surface area contributed by atoms with E-state index in [2.05, 4.69) is 18.7 Å². The van der Waals surface area contributed by atoms with Gasteiger partial charge in [-0.3, -0.25) is 4.90 Å². The zero-order chi connectivity index (χ0) is 9.14. The molecule has 1 aliphatic heterocycles. The summed E-state index contributed by atoms with van der Waals surface area (Å²) in [6.07, 6.45) is 2.39. The van der Waals surface area contributed by atoms with Gasteiger partial charge in [0.15, 0.2) is 0 Å². The highest BCUT2D eigenvalue weighted by Crippen LogP contribution is 2.21. The van der Waals surface area contributed by atoms with Crippen LogP contribution in [0.25, 0.3) is 0 Å². The second-order valence-electron chi connectivity index (χ2n) is 4.32. The number of likely N-dealkylation sites (tertiary alicyclic amines) is 1. The molecule has 1 aliphatic rings.